The van der Waals surface area contributed by atoms with Gasteiger partial charge in [0, 0.05) is 13.1 Å². The van der Waals surface area contributed by atoms with Gasteiger partial charge in [-0.15, -0.1) is 6.58 Å². The van der Waals surface area contributed by atoms with Crippen molar-refractivity contribution in [1.82, 2.24) is 9.80 Å². The van der Waals surface area contributed by atoms with Crippen LogP contribution >= 0.6 is 0 Å². The Morgan fingerprint density at radius 1 is 1.47 bits per heavy atom. The number of rotatable bonds is 2. The van der Waals surface area contributed by atoms with Crippen molar-refractivity contribution in [3.63, 3.8) is 0 Å². The smallest absolute Gasteiger partial charge is 0.0693 e. The molecule has 0 aromatic rings. The van der Waals surface area contributed by atoms with E-state index in [1.54, 1.807) is 0 Å². The Hall–Kier alpha value is -1.02. The average molecular weight is 204 g/mol. The fourth-order valence-electron chi connectivity index (χ4n) is 2.65. The van der Waals surface area contributed by atoms with Gasteiger partial charge in [-0.05, 0) is 31.3 Å². The first-order valence-corrected chi connectivity index (χ1v) is 5.65. The lowest BCUT2D eigenvalue weighted by Gasteiger charge is -2.35. The highest BCUT2D eigenvalue weighted by Gasteiger charge is 2.35. The highest BCUT2D eigenvalue weighted by molar-refractivity contribution is 5.37. The number of likely N-dealkylation sites (N-methyl/N-ethyl adjacent to an activating group) is 2. The number of fused-ring (bicyclic) bond motifs is 1. The van der Waals surface area contributed by atoms with E-state index in [0.29, 0.717) is 18.1 Å². The first kappa shape index (κ1) is 10.5. The van der Waals surface area contributed by atoms with E-state index in [1.807, 2.05) is 6.08 Å². The molecule has 0 aromatic carbocycles. The lowest BCUT2D eigenvalue weighted by atomic mass is 9.96. The molecule has 3 unspecified atom stereocenters. The number of hydrogen-bond acceptors (Lipinski definition) is 2. The lowest BCUT2D eigenvalue weighted by Crippen LogP contribution is -2.40. The summed E-state index contributed by atoms with van der Waals surface area (Å²) in [5.41, 5.74) is 1.49. The van der Waals surface area contributed by atoms with Gasteiger partial charge in [-0.2, -0.15) is 0 Å². The third-order valence-electron chi connectivity index (χ3n) is 3.61. The van der Waals surface area contributed by atoms with E-state index < -0.39 is 0 Å². The van der Waals surface area contributed by atoms with Crippen molar-refractivity contribution in [3.05, 3.63) is 36.6 Å². The summed E-state index contributed by atoms with van der Waals surface area (Å²) in [5.74, 6) is 0. The molecule has 2 rings (SSSR count). The molecule has 0 N–H and O–H groups in total. The fraction of sp³-hybridized carbons (Fsp3) is 0.538. The number of nitrogens with zero attached hydrogens (tertiary/aromatic N) is 2. The molecule has 0 spiro atoms. The second-order valence-corrected chi connectivity index (χ2v) is 4.44. The van der Waals surface area contributed by atoms with Crippen molar-refractivity contribution in [2.45, 2.75) is 31.5 Å². The lowest BCUT2D eigenvalue weighted by molar-refractivity contribution is 0.259. The SMILES string of the molecule is C=CC1C2=CC(CC)N(C)C2C=CN1C. The topological polar surface area (TPSA) is 6.48 Å². The molecular weight excluding hydrogens is 184 g/mol. The van der Waals surface area contributed by atoms with Crippen LogP contribution in [0.1, 0.15) is 13.3 Å². The largest absolute Gasteiger partial charge is 0.370 e. The molecule has 15 heavy (non-hydrogen) atoms. The highest BCUT2D eigenvalue weighted by Crippen LogP contribution is 2.32. The predicted molar refractivity (Wildman–Crippen MR) is 64.6 cm³/mol. The Kier molecular flexibility index (Phi) is 2.70. The maximum absolute atomic E-state index is 3.94. The molecule has 3 atom stereocenters. The van der Waals surface area contributed by atoms with Crippen LogP contribution in [-0.4, -0.2) is 42.0 Å². The van der Waals surface area contributed by atoms with Crippen LogP contribution in [0.25, 0.3) is 0 Å². The van der Waals surface area contributed by atoms with Crippen molar-refractivity contribution in [2.75, 3.05) is 14.1 Å². The maximum atomic E-state index is 3.94. The van der Waals surface area contributed by atoms with Gasteiger partial charge in [-0.1, -0.05) is 19.1 Å². The average Bonchev–Trinajstić information content (AvgIpc) is 2.55. The zero-order chi connectivity index (χ0) is 11.0. The molecule has 2 aliphatic heterocycles. The van der Waals surface area contributed by atoms with E-state index >= 15 is 0 Å². The van der Waals surface area contributed by atoms with Crippen molar-refractivity contribution in [3.8, 4) is 0 Å². The molecular formula is C13H20N2. The van der Waals surface area contributed by atoms with Crippen LogP contribution in [-0.2, 0) is 0 Å². The quantitative estimate of drug-likeness (QED) is 0.635. The van der Waals surface area contributed by atoms with Gasteiger partial charge in [-0.3, -0.25) is 4.90 Å². The summed E-state index contributed by atoms with van der Waals surface area (Å²) >= 11 is 0. The third-order valence-corrected chi connectivity index (χ3v) is 3.61. The summed E-state index contributed by atoms with van der Waals surface area (Å²) in [6.45, 7) is 6.18. The molecule has 0 amide bonds. The van der Waals surface area contributed by atoms with Crippen LogP contribution in [0.15, 0.2) is 36.6 Å². The molecule has 2 heterocycles. The molecule has 0 saturated heterocycles. The van der Waals surface area contributed by atoms with E-state index in [2.05, 4.69) is 55.7 Å². The Labute approximate surface area is 92.6 Å². The van der Waals surface area contributed by atoms with Crippen molar-refractivity contribution >= 4 is 0 Å². The fourth-order valence-corrected chi connectivity index (χ4v) is 2.65. The minimum atomic E-state index is 0.374. The van der Waals surface area contributed by atoms with Crippen molar-refractivity contribution in [1.29, 1.82) is 0 Å². The normalized spacial score (nSPS) is 35.3. The molecule has 0 radical (unpaired) electrons. The molecule has 2 nitrogen and oxygen atoms in total. The highest BCUT2D eigenvalue weighted by atomic mass is 15.2. The first-order chi connectivity index (χ1) is 7.19. The zero-order valence-electron chi connectivity index (χ0n) is 9.85. The molecule has 0 fully saturated rings. The molecule has 2 heteroatoms. The molecule has 2 aliphatic rings. The summed E-state index contributed by atoms with van der Waals surface area (Å²) in [6, 6.07) is 1.44. The molecule has 0 saturated carbocycles. The molecule has 82 valence electrons. The van der Waals surface area contributed by atoms with Gasteiger partial charge < -0.3 is 4.90 Å². The van der Waals surface area contributed by atoms with Gasteiger partial charge >= 0.3 is 0 Å². The van der Waals surface area contributed by atoms with Crippen LogP contribution in [0.4, 0.5) is 0 Å². The second-order valence-electron chi connectivity index (χ2n) is 4.44. The van der Waals surface area contributed by atoms with Crippen LogP contribution in [0.5, 0.6) is 0 Å². The van der Waals surface area contributed by atoms with Gasteiger partial charge in [0.05, 0.1) is 12.1 Å². The number of hydrogen-bond donors (Lipinski definition) is 0. The minimum Gasteiger partial charge on any atom is -0.370 e. The Balaban J connectivity index is 2.33. The zero-order valence-corrected chi connectivity index (χ0v) is 9.85. The Bertz CT molecular complexity index is 316. The van der Waals surface area contributed by atoms with Crippen LogP contribution in [0.2, 0.25) is 0 Å². The van der Waals surface area contributed by atoms with Gasteiger partial charge in [0.25, 0.3) is 0 Å². The summed E-state index contributed by atoms with van der Waals surface area (Å²) in [6.07, 6.45) is 10.1. The van der Waals surface area contributed by atoms with E-state index in [4.69, 9.17) is 0 Å². The van der Waals surface area contributed by atoms with Gasteiger partial charge in [0.1, 0.15) is 0 Å². The van der Waals surface area contributed by atoms with Crippen LogP contribution in [0, 0.1) is 0 Å². The van der Waals surface area contributed by atoms with Gasteiger partial charge in [0.2, 0.25) is 0 Å². The first-order valence-electron chi connectivity index (χ1n) is 5.65. The van der Waals surface area contributed by atoms with Crippen molar-refractivity contribution in [2.24, 2.45) is 0 Å². The van der Waals surface area contributed by atoms with Gasteiger partial charge in [0.15, 0.2) is 0 Å². The van der Waals surface area contributed by atoms with Crippen LogP contribution in [0.3, 0.4) is 0 Å². The van der Waals surface area contributed by atoms with Crippen LogP contribution < -0.4 is 0 Å². The maximum Gasteiger partial charge on any atom is 0.0693 e. The predicted octanol–water partition coefficient (Wildman–Crippen LogP) is 2.02. The van der Waals surface area contributed by atoms with Gasteiger partial charge in [-0.25, -0.2) is 0 Å². The molecule has 0 bridgehead atoms. The summed E-state index contributed by atoms with van der Waals surface area (Å²) in [7, 11) is 4.32. The Morgan fingerprint density at radius 2 is 2.20 bits per heavy atom. The minimum absolute atomic E-state index is 0.374. The summed E-state index contributed by atoms with van der Waals surface area (Å²) in [4.78, 5) is 4.66. The van der Waals surface area contributed by atoms with Crippen molar-refractivity contribution < 1.29 is 0 Å². The van der Waals surface area contributed by atoms with E-state index in [-0.39, 0.29) is 0 Å². The monoisotopic (exact) mass is 204 g/mol. The molecule has 0 aromatic heterocycles. The van der Waals surface area contributed by atoms with E-state index in [9.17, 15) is 0 Å². The second kappa shape index (κ2) is 3.86. The molecule has 0 aliphatic carbocycles. The van der Waals surface area contributed by atoms with E-state index in [0.717, 1.165) is 0 Å². The third kappa shape index (κ3) is 1.53. The van der Waals surface area contributed by atoms with E-state index in [1.165, 1.54) is 12.0 Å². The Morgan fingerprint density at radius 3 is 2.80 bits per heavy atom. The standard InChI is InChI=1S/C13H20N2/c1-5-10-9-11-12(6-2)14(3)8-7-13(11)15(10)4/h6-10,12-13H,2,5H2,1,3-4H3. The summed E-state index contributed by atoms with van der Waals surface area (Å²) in [5, 5.41) is 0. The summed E-state index contributed by atoms with van der Waals surface area (Å²) < 4.78 is 0.